The van der Waals surface area contributed by atoms with Gasteiger partial charge in [0.15, 0.2) is 0 Å². The molecule has 0 bridgehead atoms. The Balaban J connectivity index is 2.08. The number of rotatable bonds is 6. The Bertz CT molecular complexity index is 165. The lowest BCUT2D eigenvalue weighted by atomic mass is 9.76. The Morgan fingerprint density at radius 2 is 1.87 bits per heavy atom. The first-order valence-corrected chi connectivity index (χ1v) is 6.02. The molecule has 0 spiro atoms. The maximum absolute atomic E-state index is 6.32. The summed E-state index contributed by atoms with van der Waals surface area (Å²) in [4.78, 5) is 0. The molecule has 0 aromatic rings. The fourth-order valence-corrected chi connectivity index (χ4v) is 2.11. The fourth-order valence-electron chi connectivity index (χ4n) is 2.11. The van der Waals surface area contributed by atoms with Gasteiger partial charge in [0.25, 0.3) is 0 Å². The third-order valence-electron chi connectivity index (χ3n) is 3.45. The van der Waals surface area contributed by atoms with E-state index in [-0.39, 0.29) is 5.54 Å². The molecule has 0 atom stereocenters. The summed E-state index contributed by atoms with van der Waals surface area (Å²) >= 11 is 0. The SMILES string of the molecule is COCCOCCC1(N)CCC(C)CC1. The highest BCUT2D eigenvalue weighted by Crippen LogP contribution is 2.32. The second kappa shape index (κ2) is 6.46. The smallest absolute Gasteiger partial charge is 0.0700 e. The third-order valence-corrected chi connectivity index (χ3v) is 3.45. The van der Waals surface area contributed by atoms with Gasteiger partial charge in [-0.3, -0.25) is 0 Å². The molecule has 15 heavy (non-hydrogen) atoms. The molecule has 0 amide bonds. The summed E-state index contributed by atoms with van der Waals surface area (Å²) in [5.74, 6) is 0.857. The Kier molecular flexibility index (Phi) is 5.58. The highest BCUT2D eigenvalue weighted by Gasteiger charge is 2.29. The van der Waals surface area contributed by atoms with Gasteiger partial charge >= 0.3 is 0 Å². The zero-order chi connectivity index (χ0) is 11.1. The fraction of sp³-hybridized carbons (Fsp3) is 1.00. The highest BCUT2D eigenvalue weighted by molar-refractivity contribution is 4.88. The molecule has 2 N–H and O–H groups in total. The van der Waals surface area contributed by atoms with Crippen molar-refractivity contribution in [3.63, 3.8) is 0 Å². The van der Waals surface area contributed by atoms with Gasteiger partial charge in [-0.1, -0.05) is 6.92 Å². The van der Waals surface area contributed by atoms with Crippen LogP contribution in [-0.2, 0) is 9.47 Å². The standard InChI is InChI=1S/C12H25NO2/c1-11-3-5-12(13,6-4-11)7-8-15-10-9-14-2/h11H,3-10,13H2,1-2H3. The summed E-state index contributed by atoms with van der Waals surface area (Å²) in [5.41, 5.74) is 6.37. The van der Waals surface area contributed by atoms with Crippen LogP contribution in [0.4, 0.5) is 0 Å². The van der Waals surface area contributed by atoms with Gasteiger partial charge in [0.1, 0.15) is 0 Å². The Morgan fingerprint density at radius 3 is 2.47 bits per heavy atom. The average Bonchev–Trinajstić information content (AvgIpc) is 2.23. The van der Waals surface area contributed by atoms with Gasteiger partial charge in [-0.2, -0.15) is 0 Å². The summed E-state index contributed by atoms with van der Waals surface area (Å²) in [6, 6.07) is 0. The first kappa shape index (κ1) is 12.9. The molecule has 1 rings (SSSR count). The van der Waals surface area contributed by atoms with Crippen molar-refractivity contribution in [3.05, 3.63) is 0 Å². The molecule has 0 aromatic heterocycles. The van der Waals surface area contributed by atoms with Crippen LogP contribution < -0.4 is 5.73 Å². The molecule has 90 valence electrons. The molecular formula is C12H25NO2. The van der Waals surface area contributed by atoms with Crippen molar-refractivity contribution in [1.82, 2.24) is 0 Å². The van der Waals surface area contributed by atoms with E-state index in [1.54, 1.807) is 7.11 Å². The zero-order valence-corrected chi connectivity index (χ0v) is 10.1. The second-order valence-corrected chi connectivity index (χ2v) is 4.90. The van der Waals surface area contributed by atoms with Crippen LogP contribution in [0.15, 0.2) is 0 Å². The Morgan fingerprint density at radius 1 is 1.20 bits per heavy atom. The molecule has 0 aliphatic heterocycles. The zero-order valence-electron chi connectivity index (χ0n) is 10.1. The topological polar surface area (TPSA) is 44.5 Å². The minimum Gasteiger partial charge on any atom is -0.382 e. The number of nitrogens with two attached hydrogens (primary N) is 1. The number of hydrogen-bond donors (Lipinski definition) is 1. The lowest BCUT2D eigenvalue weighted by Crippen LogP contribution is -2.44. The largest absolute Gasteiger partial charge is 0.382 e. The van der Waals surface area contributed by atoms with Crippen LogP contribution >= 0.6 is 0 Å². The molecular weight excluding hydrogens is 190 g/mol. The molecule has 0 radical (unpaired) electrons. The maximum Gasteiger partial charge on any atom is 0.0700 e. The van der Waals surface area contributed by atoms with Crippen molar-refractivity contribution in [2.24, 2.45) is 11.7 Å². The molecule has 0 unspecified atom stereocenters. The minimum atomic E-state index is 0.0413. The molecule has 0 aromatic carbocycles. The second-order valence-electron chi connectivity index (χ2n) is 4.90. The van der Waals surface area contributed by atoms with Gasteiger partial charge in [-0.05, 0) is 38.0 Å². The van der Waals surface area contributed by atoms with Crippen LogP contribution in [0.2, 0.25) is 0 Å². The number of methoxy groups -OCH3 is 1. The van der Waals surface area contributed by atoms with Gasteiger partial charge in [0, 0.05) is 19.3 Å². The monoisotopic (exact) mass is 215 g/mol. The van der Waals surface area contributed by atoms with Crippen LogP contribution in [0, 0.1) is 5.92 Å². The lowest BCUT2D eigenvalue weighted by Gasteiger charge is -2.36. The maximum atomic E-state index is 6.32. The lowest BCUT2D eigenvalue weighted by molar-refractivity contribution is 0.0557. The van der Waals surface area contributed by atoms with Crippen LogP contribution in [0.1, 0.15) is 39.0 Å². The van der Waals surface area contributed by atoms with Gasteiger partial charge in [0.2, 0.25) is 0 Å². The minimum absolute atomic E-state index is 0.0413. The summed E-state index contributed by atoms with van der Waals surface area (Å²) < 4.78 is 10.4. The average molecular weight is 215 g/mol. The summed E-state index contributed by atoms with van der Waals surface area (Å²) in [5, 5.41) is 0. The van der Waals surface area contributed by atoms with Crippen molar-refractivity contribution in [3.8, 4) is 0 Å². The van der Waals surface area contributed by atoms with E-state index in [4.69, 9.17) is 15.2 Å². The van der Waals surface area contributed by atoms with E-state index in [2.05, 4.69) is 6.92 Å². The van der Waals surface area contributed by atoms with Crippen molar-refractivity contribution >= 4 is 0 Å². The summed E-state index contributed by atoms with van der Waals surface area (Å²) in [6.45, 7) is 4.44. The van der Waals surface area contributed by atoms with Crippen LogP contribution in [0.25, 0.3) is 0 Å². The third kappa shape index (κ3) is 4.96. The number of hydrogen-bond acceptors (Lipinski definition) is 3. The molecule has 0 saturated heterocycles. The van der Waals surface area contributed by atoms with E-state index < -0.39 is 0 Å². The highest BCUT2D eigenvalue weighted by atomic mass is 16.5. The predicted octanol–water partition coefficient (Wildman–Crippen LogP) is 1.95. The van der Waals surface area contributed by atoms with Crippen molar-refractivity contribution in [2.45, 2.75) is 44.6 Å². The van der Waals surface area contributed by atoms with Gasteiger partial charge in [0.05, 0.1) is 13.2 Å². The van der Waals surface area contributed by atoms with Gasteiger partial charge in [-0.15, -0.1) is 0 Å². The van der Waals surface area contributed by atoms with Gasteiger partial charge in [-0.25, -0.2) is 0 Å². The molecule has 1 aliphatic carbocycles. The van der Waals surface area contributed by atoms with E-state index >= 15 is 0 Å². The summed E-state index contributed by atoms with van der Waals surface area (Å²) in [7, 11) is 1.69. The van der Waals surface area contributed by atoms with Crippen molar-refractivity contribution in [1.29, 1.82) is 0 Å². The first-order chi connectivity index (χ1) is 7.16. The molecule has 1 fully saturated rings. The van der Waals surface area contributed by atoms with E-state index in [0.29, 0.717) is 13.2 Å². The predicted molar refractivity (Wildman–Crippen MR) is 61.9 cm³/mol. The van der Waals surface area contributed by atoms with Crippen molar-refractivity contribution < 1.29 is 9.47 Å². The summed E-state index contributed by atoms with van der Waals surface area (Å²) in [6.07, 6.45) is 5.84. The van der Waals surface area contributed by atoms with E-state index in [1.165, 1.54) is 12.8 Å². The first-order valence-electron chi connectivity index (χ1n) is 6.02. The van der Waals surface area contributed by atoms with Crippen LogP contribution in [0.3, 0.4) is 0 Å². The normalized spacial score (nSPS) is 31.8. The molecule has 1 aliphatic rings. The van der Waals surface area contributed by atoms with E-state index in [0.717, 1.165) is 31.8 Å². The Hall–Kier alpha value is -0.120. The van der Waals surface area contributed by atoms with E-state index in [9.17, 15) is 0 Å². The molecule has 1 saturated carbocycles. The Labute approximate surface area is 93.3 Å². The molecule has 0 heterocycles. The quantitative estimate of drug-likeness (QED) is 0.689. The van der Waals surface area contributed by atoms with Crippen molar-refractivity contribution in [2.75, 3.05) is 26.9 Å². The van der Waals surface area contributed by atoms with Crippen LogP contribution in [0.5, 0.6) is 0 Å². The number of ether oxygens (including phenoxy) is 2. The van der Waals surface area contributed by atoms with E-state index in [1.807, 2.05) is 0 Å². The van der Waals surface area contributed by atoms with Crippen LogP contribution in [-0.4, -0.2) is 32.5 Å². The molecule has 3 heteroatoms. The van der Waals surface area contributed by atoms with Gasteiger partial charge < -0.3 is 15.2 Å². The molecule has 3 nitrogen and oxygen atoms in total.